The number of nitrogens with zero attached hydrogens (tertiary/aromatic N) is 1. The van der Waals surface area contributed by atoms with E-state index in [-0.39, 0.29) is 29.2 Å². The van der Waals surface area contributed by atoms with Crippen LogP contribution in [-0.2, 0) is 4.79 Å². The predicted molar refractivity (Wildman–Crippen MR) is 70.3 cm³/mol. The first kappa shape index (κ1) is 13.2. The molecule has 1 aromatic rings. The highest BCUT2D eigenvalue weighted by molar-refractivity contribution is 5.95. The van der Waals surface area contributed by atoms with Crippen LogP contribution in [0.2, 0.25) is 0 Å². The molecule has 19 heavy (non-hydrogen) atoms. The Labute approximate surface area is 111 Å². The van der Waals surface area contributed by atoms with Gasteiger partial charge in [-0.15, -0.1) is 0 Å². The van der Waals surface area contributed by atoms with Crippen molar-refractivity contribution in [2.24, 2.45) is 11.7 Å². The van der Waals surface area contributed by atoms with Crippen LogP contribution in [0.1, 0.15) is 23.2 Å². The number of likely N-dealkylation sites (tertiary alicyclic amines) is 1. The Kier molecular flexibility index (Phi) is 3.59. The molecule has 6 heteroatoms. The van der Waals surface area contributed by atoms with E-state index >= 15 is 0 Å². The van der Waals surface area contributed by atoms with Gasteiger partial charge in [-0.25, -0.2) is 0 Å². The van der Waals surface area contributed by atoms with Gasteiger partial charge in [0.2, 0.25) is 5.91 Å². The van der Waals surface area contributed by atoms with Crippen molar-refractivity contribution >= 4 is 17.5 Å². The first-order valence-corrected chi connectivity index (χ1v) is 6.16. The lowest BCUT2D eigenvalue weighted by atomic mass is 9.96. The van der Waals surface area contributed by atoms with Gasteiger partial charge in [0, 0.05) is 24.6 Å². The molecule has 1 aromatic carbocycles. The SMILES string of the molecule is NC(=O)C1CCN(C(=O)c2ccc(N)c(O)c2)CC1. The van der Waals surface area contributed by atoms with Crippen LogP contribution in [0.25, 0.3) is 0 Å². The second kappa shape index (κ2) is 5.17. The van der Waals surface area contributed by atoms with Gasteiger partial charge in [0.1, 0.15) is 5.75 Å². The van der Waals surface area contributed by atoms with E-state index in [1.54, 1.807) is 11.0 Å². The Morgan fingerprint density at radius 2 is 1.89 bits per heavy atom. The van der Waals surface area contributed by atoms with E-state index in [9.17, 15) is 14.7 Å². The van der Waals surface area contributed by atoms with Gasteiger partial charge in [-0.1, -0.05) is 0 Å². The van der Waals surface area contributed by atoms with E-state index in [1.165, 1.54) is 12.1 Å². The zero-order chi connectivity index (χ0) is 14.0. The van der Waals surface area contributed by atoms with E-state index < -0.39 is 0 Å². The molecule has 1 aliphatic rings. The number of primary amides is 1. The molecule has 2 rings (SSSR count). The normalized spacial score (nSPS) is 16.3. The second-order valence-electron chi connectivity index (χ2n) is 4.74. The molecule has 0 bridgehead atoms. The number of piperidine rings is 1. The summed E-state index contributed by atoms with van der Waals surface area (Å²) >= 11 is 0. The van der Waals surface area contributed by atoms with Crippen LogP contribution in [0.4, 0.5) is 5.69 Å². The quantitative estimate of drug-likeness (QED) is 0.527. The van der Waals surface area contributed by atoms with Crippen molar-refractivity contribution in [2.45, 2.75) is 12.8 Å². The minimum absolute atomic E-state index is 0.0992. The molecule has 6 nitrogen and oxygen atoms in total. The van der Waals surface area contributed by atoms with Crippen LogP contribution in [-0.4, -0.2) is 34.9 Å². The molecule has 0 aromatic heterocycles. The molecule has 0 aliphatic carbocycles. The molecule has 0 unspecified atom stereocenters. The van der Waals surface area contributed by atoms with Gasteiger partial charge in [-0.05, 0) is 31.0 Å². The third kappa shape index (κ3) is 2.78. The Morgan fingerprint density at radius 3 is 2.42 bits per heavy atom. The highest BCUT2D eigenvalue weighted by Crippen LogP contribution is 2.23. The topological polar surface area (TPSA) is 110 Å². The van der Waals surface area contributed by atoms with Gasteiger partial charge in [-0.2, -0.15) is 0 Å². The van der Waals surface area contributed by atoms with E-state index in [0.717, 1.165) is 0 Å². The van der Waals surface area contributed by atoms with E-state index in [0.29, 0.717) is 31.5 Å². The van der Waals surface area contributed by atoms with Crippen LogP contribution in [0.5, 0.6) is 5.75 Å². The third-order valence-electron chi connectivity index (χ3n) is 3.46. The number of carbonyl (C=O) groups is 2. The molecule has 1 heterocycles. The molecule has 1 fully saturated rings. The summed E-state index contributed by atoms with van der Waals surface area (Å²) in [4.78, 5) is 24.9. The van der Waals surface area contributed by atoms with Gasteiger partial charge in [-0.3, -0.25) is 9.59 Å². The van der Waals surface area contributed by atoms with Gasteiger partial charge < -0.3 is 21.5 Å². The monoisotopic (exact) mass is 263 g/mol. The van der Waals surface area contributed by atoms with Crippen molar-refractivity contribution in [1.82, 2.24) is 4.90 Å². The predicted octanol–water partition coefficient (Wildman–Crippen LogP) is 0.312. The highest BCUT2D eigenvalue weighted by atomic mass is 16.3. The summed E-state index contributed by atoms with van der Waals surface area (Å²) in [6, 6.07) is 4.44. The number of nitrogens with two attached hydrogens (primary N) is 2. The molecule has 5 N–H and O–H groups in total. The number of nitrogen functional groups attached to an aromatic ring is 1. The molecular formula is C13H17N3O3. The fourth-order valence-electron chi connectivity index (χ4n) is 2.23. The average molecular weight is 263 g/mol. The van der Waals surface area contributed by atoms with Gasteiger partial charge in [0.25, 0.3) is 5.91 Å². The summed E-state index contributed by atoms with van der Waals surface area (Å²) in [5.74, 6) is -0.725. The van der Waals surface area contributed by atoms with Crippen LogP contribution >= 0.6 is 0 Å². The number of carbonyl (C=O) groups excluding carboxylic acids is 2. The lowest BCUT2D eigenvalue weighted by Gasteiger charge is -2.30. The van der Waals surface area contributed by atoms with E-state index in [4.69, 9.17) is 11.5 Å². The van der Waals surface area contributed by atoms with Crippen molar-refractivity contribution < 1.29 is 14.7 Å². The Balaban J connectivity index is 2.05. The molecule has 102 valence electrons. The lowest BCUT2D eigenvalue weighted by Crippen LogP contribution is -2.41. The molecule has 2 amide bonds. The number of anilines is 1. The zero-order valence-electron chi connectivity index (χ0n) is 10.5. The summed E-state index contributed by atoms with van der Waals surface area (Å²) in [6.07, 6.45) is 1.17. The highest BCUT2D eigenvalue weighted by Gasteiger charge is 2.26. The minimum Gasteiger partial charge on any atom is -0.506 e. The fraction of sp³-hybridized carbons (Fsp3) is 0.385. The molecular weight excluding hydrogens is 246 g/mol. The number of benzene rings is 1. The maximum absolute atomic E-state index is 12.2. The zero-order valence-corrected chi connectivity index (χ0v) is 10.5. The minimum atomic E-state index is -0.308. The molecule has 0 atom stereocenters. The van der Waals surface area contributed by atoms with Crippen molar-refractivity contribution in [3.8, 4) is 5.75 Å². The van der Waals surface area contributed by atoms with Crippen LogP contribution < -0.4 is 11.5 Å². The smallest absolute Gasteiger partial charge is 0.253 e. The summed E-state index contributed by atoms with van der Waals surface area (Å²) in [6.45, 7) is 0.995. The summed E-state index contributed by atoms with van der Waals surface area (Å²) < 4.78 is 0. The molecule has 0 spiro atoms. The number of hydrogen-bond acceptors (Lipinski definition) is 4. The van der Waals surface area contributed by atoms with Crippen LogP contribution in [0.3, 0.4) is 0 Å². The van der Waals surface area contributed by atoms with Crippen molar-refractivity contribution in [1.29, 1.82) is 0 Å². The van der Waals surface area contributed by atoms with Crippen molar-refractivity contribution in [3.63, 3.8) is 0 Å². The van der Waals surface area contributed by atoms with E-state index in [2.05, 4.69) is 0 Å². The van der Waals surface area contributed by atoms with Gasteiger partial charge >= 0.3 is 0 Å². The number of hydrogen-bond donors (Lipinski definition) is 3. The average Bonchev–Trinajstić information content (AvgIpc) is 2.41. The Bertz CT molecular complexity index is 508. The van der Waals surface area contributed by atoms with Gasteiger partial charge in [0.15, 0.2) is 0 Å². The second-order valence-corrected chi connectivity index (χ2v) is 4.74. The number of amides is 2. The first-order chi connectivity index (χ1) is 8.99. The standard InChI is InChI=1S/C13H17N3O3/c14-10-2-1-9(7-11(10)17)13(19)16-5-3-8(4-6-16)12(15)18/h1-2,7-8,17H,3-6,14H2,(H2,15,18). The maximum Gasteiger partial charge on any atom is 0.253 e. The largest absolute Gasteiger partial charge is 0.506 e. The summed E-state index contributed by atoms with van der Waals surface area (Å²) in [7, 11) is 0. The van der Waals surface area contributed by atoms with Crippen molar-refractivity contribution in [2.75, 3.05) is 18.8 Å². The summed E-state index contributed by atoms with van der Waals surface area (Å²) in [5.41, 5.74) is 11.4. The Hall–Kier alpha value is -2.24. The lowest BCUT2D eigenvalue weighted by molar-refractivity contribution is -0.123. The first-order valence-electron chi connectivity index (χ1n) is 6.16. The Morgan fingerprint density at radius 1 is 1.26 bits per heavy atom. The van der Waals surface area contributed by atoms with Crippen molar-refractivity contribution in [3.05, 3.63) is 23.8 Å². The number of rotatable bonds is 2. The van der Waals surface area contributed by atoms with E-state index in [1.807, 2.05) is 0 Å². The maximum atomic E-state index is 12.2. The molecule has 1 saturated heterocycles. The number of aromatic hydroxyl groups is 1. The molecule has 1 aliphatic heterocycles. The van der Waals surface area contributed by atoms with Gasteiger partial charge in [0.05, 0.1) is 5.69 Å². The van der Waals surface area contributed by atoms with Crippen LogP contribution in [0, 0.1) is 5.92 Å². The number of phenols is 1. The molecule has 0 radical (unpaired) electrons. The fourth-order valence-corrected chi connectivity index (χ4v) is 2.23. The van der Waals surface area contributed by atoms with Crippen LogP contribution in [0.15, 0.2) is 18.2 Å². The summed E-state index contributed by atoms with van der Waals surface area (Å²) in [5, 5.41) is 9.51. The molecule has 0 saturated carbocycles. The number of phenolic OH excluding ortho intramolecular Hbond substituents is 1. The third-order valence-corrected chi connectivity index (χ3v) is 3.46.